The molecule has 0 unspecified atom stereocenters. The zero-order chi connectivity index (χ0) is 16.0. The average molecular weight is 315 g/mol. The number of benzene rings is 1. The van der Waals surface area contributed by atoms with Gasteiger partial charge in [-0.25, -0.2) is 9.59 Å². The van der Waals surface area contributed by atoms with Crippen LogP contribution in [0.5, 0.6) is 5.75 Å². The Labute approximate surface area is 129 Å². The van der Waals surface area contributed by atoms with E-state index in [4.69, 9.17) is 25.8 Å². The monoisotopic (exact) mass is 314 g/mol. The molecule has 0 radical (unpaired) electrons. The van der Waals surface area contributed by atoms with Crippen LogP contribution in [0.1, 0.15) is 38.1 Å². The van der Waals surface area contributed by atoms with E-state index < -0.39 is 17.5 Å². The smallest absolute Gasteiger partial charge is 0.344 e. The van der Waals surface area contributed by atoms with E-state index in [1.54, 1.807) is 33.8 Å². The summed E-state index contributed by atoms with van der Waals surface area (Å²) in [6.07, 6.45) is 0. The second kappa shape index (κ2) is 7.31. The summed E-state index contributed by atoms with van der Waals surface area (Å²) in [5, 5.41) is 0.200. The number of rotatable bonds is 5. The van der Waals surface area contributed by atoms with Crippen LogP contribution in [0.4, 0.5) is 0 Å². The van der Waals surface area contributed by atoms with Gasteiger partial charge in [-0.2, -0.15) is 0 Å². The van der Waals surface area contributed by atoms with E-state index in [1.807, 2.05) is 0 Å². The summed E-state index contributed by atoms with van der Waals surface area (Å²) >= 11 is 6.03. The molecule has 0 spiro atoms. The number of carbonyl (C=O) groups excluding carboxylic acids is 2. The molecule has 0 atom stereocenters. The highest BCUT2D eigenvalue weighted by Crippen LogP contribution is 2.24. The molecule has 0 amide bonds. The molecule has 0 aliphatic heterocycles. The van der Waals surface area contributed by atoms with Crippen LogP contribution in [0.3, 0.4) is 0 Å². The molecule has 0 fully saturated rings. The van der Waals surface area contributed by atoms with Crippen molar-refractivity contribution >= 4 is 23.5 Å². The normalized spacial score (nSPS) is 10.9. The minimum atomic E-state index is -0.598. The van der Waals surface area contributed by atoms with Crippen molar-refractivity contribution in [1.29, 1.82) is 0 Å². The van der Waals surface area contributed by atoms with Gasteiger partial charge in [0.15, 0.2) is 6.61 Å². The lowest BCUT2D eigenvalue weighted by Crippen LogP contribution is -2.24. The van der Waals surface area contributed by atoms with Gasteiger partial charge in [-0.15, -0.1) is 0 Å². The summed E-state index contributed by atoms with van der Waals surface area (Å²) in [6.45, 7) is 7.11. The summed E-state index contributed by atoms with van der Waals surface area (Å²) in [7, 11) is 0. The van der Waals surface area contributed by atoms with Gasteiger partial charge in [0.1, 0.15) is 11.4 Å². The minimum absolute atomic E-state index is 0.200. The van der Waals surface area contributed by atoms with Gasteiger partial charge in [-0.1, -0.05) is 11.6 Å². The largest absolute Gasteiger partial charge is 0.482 e. The first-order valence-electron chi connectivity index (χ1n) is 6.54. The molecule has 0 aliphatic rings. The third-order valence-electron chi connectivity index (χ3n) is 2.22. The Balaban J connectivity index is 2.72. The first-order valence-corrected chi connectivity index (χ1v) is 6.92. The van der Waals surface area contributed by atoms with E-state index in [1.165, 1.54) is 12.1 Å². The van der Waals surface area contributed by atoms with Gasteiger partial charge in [0.25, 0.3) is 0 Å². The summed E-state index contributed by atoms with van der Waals surface area (Å²) in [5.41, 5.74) is -0.352. The fourth-order valence-electron chi connectivity index (χ4n) is 1.43. The van der Waals surface area contributed by atoms with Crippen LogP contribution in [0.15, 0.2) is 18.2 Å². The van der Waals surface area contributed by atoms with Crippen molar-refractivity contribution in [2.45, 2.75) is 33.3 Å². The number of carbonyl (C=O) groups is 2. The molecule has 1 rings (SSSR count). The van der Waals surface area contributed by atoms with Crippen molar-refractivity contribution in [3.05, 3.63) is 28.8 Å². The third kappa shape index (κ3) is 6.04. The fraction of sp³-hybridized carbons (Fsp3) is 0.467. The Bertz CT molecular complexity index is 519. The van der Waals surface area contributed by atoms with E-state index in [2.05, 4.69) is 0 Å². The summed E-state index contributed by atoms with van der Waals surface area (Å²) in [6, 6.07) is 4.50. The fourth-order valence-corrected chi connectivity index (χ4v) is 1.68. The van der Waals surface area contributed by atoms with E-state index in [-0.39, 0.29) is 17.2 Å². The molecule has 0 aliphatic carbocycles. The Morgan fingerprint density at radius 2 is 1.90 bits per heavy atom. The molecule has 0 N–H and O–H groups in total. The highest BCUT2D eigenvalue weighted by atomic mass is 35.5. The number of hydrogen-bond acceptors (Lipinski definition) is 5. The highest BCUT2D eigenvalue weighted by Gasteiger charge is 2.20. The maximum Gasteiger partial charge on any atom is 0.344 e. The van der Waals surface area contributed by atoms with E-state index >= 15 is 0 Å². The molecule has 21 heavy (non-hydrogen) atoms. The van der Waals surface area contributed by atoms with Crippen molar-refractivity contribution in [2.75, 3.05) is 13.2 Å². The molecule has 6 heteroatoms. The van der Waals surface area contributed by atoms with Crippen LogP contribution >= 0.6 is 11.6 Å². The molecular weight excluding hydrogens is 296 g/mol. The predicted molar refractivity (Wildman–Crippen MR) is 78.7 cm³/mol. The first-order chi connectivity index (χ1) is 9.73. The second-order valence-corrected chi connectivity index (χ2v) is 5.64. The van der Waals surface area contributed by atoms with Crippen LogP contribution < -0.4 is 4.74 Å². The average Bonchev–Trinajstić information content (AvgIpc) is 2.34. The van der Waals surface area contributed by atoms with Crippen molar-refractivity contribution in [1.82, 2.24) is 0 Å². The van der Waals surface area contributed by atoms with Crippen molar-refractivity contribution in [3.8, 4) is 5.75 Å². The second-order valence-electron chi connectivity index (χ2n) is 5.24. The molecule has 116 valence electrons. The van der Waals surface area contributed by atoms with Gasteiger partial charge in [-0.05, 0) is 45.9 Å². The number of halogens is 1. The molecule has 0 saturated heterocycles. The quantitative estimate of drug-likeness (QED) is 0.781. The zero-order valence-electron chi connectivity index (χ0n) is 12.6. The molecule has 1 aromatic carbocycles. The van der Waals surface area contributed by atoms with Gasteiger partial charge in [-0.3, -0.25) is 0 Å². The van der Waals surface area contributed by atoms with Crippen LogP contribution in [-0.2, 0) is 14.3 Å². The Morgan fingerprint density at radius 1 is 1.24 bits per heavy atom. The lowest BCUT2D eigenvalue weighted by Gasteiger charge is -2.20. The Hall–Kier alpha value is -1.75. The lowest BCUT2D eigenvalue weighted by molar-refractivity contribution is -0.145. The van der Waals surface area contributed by atoms with Crippen LogP contribution in [0.25, 0.3) is 0 Å². The lowest BCUT2D eigenvalue weighted by atomic mass is 10.1. The first kappa shape index (κ1) is 17.3. The molecular formula is C15H19ClO5. The molecule has 0 bridgehead atoms. The molecule has 1 aromatic rings. The molecule has 0 saturated carbocycles. The van der Waals surface area contributed by atoms with Crippen molar-refractivity contribution < 1.29 is 23.8 Å². The SMILES string of the molecule is CCOC(=O)COc1ccc(C(=O)OC(C)(C)C)c(Cl)c1. The van der Waals surface area contributed by atoms with Gasteiger partial charge in [0.05, 0.1) is 17.2 Å². The number of esters is 2. The van der Waals surface area contributed by atoms with Gasteiger partial charge < -0.3 is 14.2 Å². The summed E-state index contributed by atoms with van der Waals surface area (Å²) in [4.78, 5) is 23.1. The Kier molecular flexibility index (Phi) is 6.03. The topological polar surface area (TPSA) is 61.8 Å². The summed E-state index contributed by atoms with van der Waals surface area (Å²) < 4.78 is 15.2. The van der Waals surface area contributed by atoms with E-state index in [9.17, 15) is 9.59 Å². The van der Waals surface area contributed by atoms with E-state index in [0.29, 0.717) is 12.4 Å². The molecule has 0 heterocycles. The molecule has 0 aromatic heterocycles. The van der Waals surface area contributed by atoms with Gasteiger partial charge in [0, 0.05) is 0 Å². The van der Waals surface area contributed by atoms with Crippen molar-refractivity contribution in [3.63, 3.8) is 0 Å². The predicted octanol–water partition coefficient (Wildman–Crippen LogP) is 3.24. The zero-order valence-corrected chi connectivity index (χ0v) is 13.3. The standard InChI is InChI=1S/C15H19ClO5/c1-5-19-13(17)9-20-10-6-7-11(12(16)8-10)14(18)21-15(2,3)4/h6-8H,5,9H2,1-4H3. The minimum Gasteiger partial charge on any atom is -0.482 e. The van der Waals surface area contributed by atoms with Crippen LogP contribution in [0, 0.1) is 0 Å². The van der Waals surface area contributed by atoms with Crippen molar-refractivity contribution in [2.24, 2.45) is 0 Å². The maximum absolute atomic E-state index is 11.9. The van der Waals surface area contributed by atoms with Crippen LogP contribution in [-0.4, -0.2) is 30.8 Å². The highest BCUT2D eigenvalue weighted by molar-refractivity contribution is 6.33. The third-order valence-corrected chi connectivity index (χ3v) is 2.53. The Morgan fingerprint density at radius 3 is 2.43 bits per heavy atom. The van der Waals surface area contributed by atoms with E-state index in [0.717, 1.165) is 0 Å². The number of ether oxygens (including phenoxy) is 3. The number of hydrogen-bond donors (Lipinski definition) is 0. The molecule has 5 nitrogen and oxygen atoms in total. The maximum atomic E-state index is 11.9. The van der Waals surface area contributed by atoms with Gasteiger partial charge in [0.2, 0.25) is 0 Å². The van der Waals surface area contributed by atoms with Gasteiger partial charge >= 0.3 is 11.9 Å². The summed E-state index contributed by atoms with van der Waals surface area (Å²) in [5.74, 6) is -0.602. The van der Waals surface area contributed by atoms with Crippen LogP contribution in [0.2, 0.25) is 5.02 Å².